The Labute approximate surface area is 116 Å². The monoisotopic (exact) mass is 272 g/mol. The first kappa shape index (κ1) is 14.0. The maximum absolute atomic E-state index is 11.9. The van der Waals surface area contributed by atoms with Crippen LogP contribution in [0.4, 0.5) is 0 Å². The zero-order valence-electron chi connectivity index (χ0n) is 11.2. The molecule has 0 bridgehead atoms. The molecule has 0 aliphatic carbocycles. The predicted molar refractivity (Wildman–Crippen MR) is 75.4 cm³/mol. The van der Waals surface area contributed by atoms with Gasteiger partial charge in [0.15, 0.2) is 0 Å². The molecule has 0 saturated carbocycles. The molecular formula is C15H16N2O3. The van der Waals surface area contributed by atoms with Gasteiger partial charge in [-0.05, 0) is 17.2 Å². The van der Waals surface area contributed by atoms with E-state index < -0.39 is 0 Å². The molecule has 0 atom stereocenters. The second kappa shape index (κ2) is 6.68. The molecule has 20 heavy (non-hydrogen) atoms. The maximum atomic E-state index is 11.9. The third-order valence-corrected chi connectivity index (χ3v) is 2.79. The molecule has 2 aromatic rings. The van der Waals surface area contributed by atoms with Crippen LogP contribution in [0.25, 0.3) is 0 Å². The van der Waals surface area contributed by atoms with Crippen LogP contribution in [0.15, 0.2) is 47.4 Å². The van der Waals surface area contributed by atoms with Gasteiger partial charge in [-0.3, -0.25) is 9.59 Å². The van der Waals surface area contributed by atoms with Crippen molar-refractivity contribution in [1.29, 1.82) is 0 Å². The summed E-state index contributed by atoms with van der Waals surface area (Å²) >= 11 is 0. The van der Waals surface area contributed by atoms with E-state index in [-0.39, 0.29) is 11.5 Å². The summed E-state index contributed by atoms with van der Waals surface area (Å²) in [5.41, 5.74) is 2.09. The minimum atomic E-state index is -0.292. The van der Waals surface area contributed by atoms with Crippen molar-refractivity contribution >= 4 is 5.91 Å². The Kier molecular flexibility index (Phi) is 4.68. The topological polar surface area (TPSA) is 71.2 Å². The summed E-state index contributed by atoms with van der Waals surface area (Å²) in [6.07, 6.45) is 1.45. The van der Waals surface area contributed by atoms with Crippen molar-refractivity contribution in [3.63, 3.8) is 0 Å². The molecule has 2 rings (SSSR count). The van der Waals surface area contributed by atoms with Crippen molar-refractivity contribution in [3.8, 4) is 0 Å². The quantitative estimate of drug-likeness (QED) is 0.865. The molecule has 0 saturated heterocycles. The molecule has 0 radical (unpaired) electrons. The number of pyridine rings is 1. The van der Waals surface area contributed by atoms with Gasteiger partial charge in [0.25, 0.3) is 5.91 Å². The Morgan fingerprint density at radius 3 is 2.80 bits per heavy atom. The normalized spacial score (nSPS) is 10.2. The van der Waals surface area contributed by atoms with E-state index in [1.54, 1.807) is 13.2 Å². The lowest BCUT2D eigenvalue weighted by Crippen LogP contribution is -2.24. The number of aromatic amines is 1. The van der Waals surface area contributed by atoms with Gasteiger partial charge in [-0.1, -0.05) is 24.3 Å². The molecule has 0 aliphatic rings. The first-order valence-electron chi connectivity index (χ1n) is 6.23. The summed E-state index contributed by atoms with van der Waals surface area (Å²) in [6, 6.07) is 10.6. The van der Waals surface area contributed by atoms with E-state index in [2.05, 4.69) is 10.3 Å². The number of benzene rings is 1. The van der Waals surface area contributed by atoms with E-state index in [0.717, 1.165) is 11.1 Å². The van der Waals surface area contributed by atoms with Crippen molar-refractivity contribution < 1.29 is 9.53 Å². The lowest BCUT2D eigenvalue weighted by molar-refractivity contribution is 0.0950. The Balaban J connectivity index is 1.99. The minimum Gasteiger partial charge on any atom is -0.380 e. The lowest BCUT2D eigenvalue weighted by atomic mass is 10.1. The second-order valence-corrected chi connectivity index (χ2v) is 4.38. The third-order valence-electron chi connectivity index (χ3n) is 2.79. The van der Waals surface area contributed by atoms with E-state index in [1.807, 2.05) is 24.3 Å². The number of methoxy groups -OCH3 is 1. The van der Waals surface area contributed by atoms with Gasteiger partial charge in [-0.15, -0.1) is 0 Å². The number of ether oxygens (including phenoxy) is 1. The van der Waals surface area contributed by atoms with Gasteiger partial charge < -0.3 is 15.0 Å². The van der Waals surface area contributed by atoms with Crippen LogP contribution in [0.3, 0.4) is 0 Å². The fraction of sp³-hybridized carbons (Fsp3) is 0.200. The standard InChI is InChI=1S/C15H16N2O3/c1-20-10-12-4-2-3-11(7-12)9-17-15(19)13-5-6-16-14(18)8-13/h2-8H,9-10H2,1H3,(H,16,18)(H,17,19). The summed E-state index contributed by atoms with van der Waals surface area (Å²) in [4.78, 5) is 25.5. The van der Waals surface area contributed by atoms with Gasteiger partial charge in [-0.25, -0.2) is 0 Å². The average Bonchev–Trinajstić information content (AvgIpc) is 2.45. The van der Waals surface area contributed by atoms with E-state index in [0.29, 0.717) is 18.7 Å². The number of hydrogen-bond donors (Lipinski definition) is 2. The number of H-pyrrole nitrogens is 1. The molecule has 104 valence electrons. The van der Waals surface area contributed by atoms with Crippen molar-refractivity contribution in [2.24, 2.45) is 0 Å². The molecule has 0 unspecified atom stereocenters. The summed E-state index contributed by atoms with van der Waals surface area (Å²) in [7, 11) is 1.64. The van der Waals surface area contributed by atoms with Crippen molar-refractivity contribution in [2.75, 3.05) is 7.11 Å². The molecular weight excluding hydrogens is 256 g/mol. The molecule has 0 fully saturated rings. The highest BCUT2D eigenvalue weighted by Gasteiger charge is 2.05. The van der Waals surface area contributed by atoms with Crippen LogP contribution in [0.1, 0.15) is 21.5 Å². The van der Waals surface area contributed by atoms with E-state index in [9.17, 15) is 9.59 Å². The molecule has 1 heterocycles. The average molecular weight is 272 g/mol. The van der Waals surface area contributed by atoms with Gasteiger partial charge in [0, 0.05) is 31.5 Å². The summed E-state index contributed by atoms with van der Waals surface area (Å²) < 4.78 is 5.07. The number of carbonyl (C=O) groups is 1. The summed E-state index contributed by atoms with van der Waals surface area (Å²) in [6.45, 7) is 0.943. The highest BCUT2D eigenvalue weighted by Crippen LogP contribution is 2.06. The molecule has 1 aromatic heterocycles. The van der Waals surface area contributed by atoms with E-state index in [1.165, 1.54) is 12.3 Å². The SMILES string of the molecule is COCc1cccc(CNC(=O)c2cc[nH]c(=O)c2)c1. The minimum absolute atomic E-state index is 0.270. The predicted octanol–water partition coefficient (Wildman–Crippen LogP) is 1.45. The summed E-state index contributed by atoms with van der Waals surface area (Å²) in [5, 5.41) is 2.78. The van der Waals surface area contributed by atoms with Crippen LogP contribution in [-0.2, 0) is 17.9 Å². The van der Waals surface area contributed by atoms with E-state index >= 15 is 0 Å². The van der Waals surface area contributed by atoms with Crippen LogP contribution >= 0.6 is 0 Å². The number of aromatic nitrogens is 1. The highest BCUT2D eigenvalue weighted by atomic mass is 16.5. The Hall–Kier alpha value is -2.40. The van der Waals surface area contributed by atoms with Gasteiger partial charge in [0.05, 0.1) is 6.61 Å². The van der Waals surface area contributed by atoms with Crippen LogP contribution in [0.2, 0.25) is 0 Å². The number of carbonyl (C=O) groups excluding carboxylic acids is 1. The molecule has 1 aromatic carbocycles. The number of amides is 1. The number of rotatable bonds is 5. The van der Waals surface area contributed by atoms with Gasteiger partial charge in [-0.2, -0.15) is 0 Å². The lowest BCUT2D eigenvalue weighted by Gasteiger charge is -2.07. The zero-order chi connectivity index (χ0) is 14.4. The second-order valence-electron chi connectivity index (χ2n) is 4.38. The fourth-order valence-corrected chi connectivity index (χ4v) is 1.87. The molecule has 0 spiro atoms. The number of nitrogens with one attached hydrogen (secondary N) is 2. The van der Waals surface area contributed by atoms with Crippen LogP contribution in [0, 0.1) is 0 Å². The smallest absolute Gasteiger partial charge is 0.251 e. The van der Waals surface area contributed by atoms with Crippen LogP contribution in [0.5, 0.6) is 0 Å². The zero-order valence-corrected chi connectivity index (χ0v) is 11.2. The first-order valence-corrected chi connectivity index (χ1v) is 6.23. The first-order chi connectivity index (χ1) is 9.69. The Morgan fingerprint density at radius 2 is 2.05 bits per heavy atom. The molecule has 0 aliphatic heterocycles. The van der Waals surface area contributed by atoms with Crippen LogP contribution in [-0.4, -0.2) is 18.0 Å². The van der Waals surface area contributed by atoms with E-state index in [4.69, 9.17) is 4.74 Å². The molecule has 1 amide bonds. The van der Waals surface area contributed by atoms with Gasteiger partial charge in [0.1, 0.15) is 0 Å². The highest BCUT2D eigenvalue weighted by molar-refractivity contribution is 5.93. The summed E-state index contributed by atoms with van der Waals surface area (Å²) in [5.74, 6) is -0.270. The van der Waals surface area contributed by atoms with Crippen molar-refractivity contribution in [1.82, 2.24) is 10.3 Å². The van der Waals surface area contributed by atoms with Crippen LogP contribution < -0.4 is 10.9 Å². The molecule has 5 heteroatoms. The van der Waals surface area contributed by atoms with Crippen molar-refractivity contribution in [2.45, 2.75) is 13.2 Å². The number of hydrogen-bond acceptors (Lipinski definition) is 3. The van der Waals surface area contributed by atoms with Gasteiger partial charge >= 0.3 is 0 Å². The Morgan fingerprint density at radius 1 is 1.25 bits per heavy atom. The Bertz CT molecular complexity index is 649. The molecule has 5 nitrogen and oxygen atoms in total. The molecule has 2 N–H and O–H groups in total. The maximum Gasteiger partial charge on any atom is 0.251 e. The largest absolute Gasteiger partial charge is 0.380 e. The fourth-order valence-electron chi connectivity index (χ4n) is 1.87. The third kappa shape index (κ3) is 3.80. The van der Waals surface area contributed by atoms with Crippen molar-refractivity contribution in [3.05, 3.63) is 69.6 Å². The van der Waals surface area contributed by atoms with Gasteiger partial charge in [0.2, 0.25) is 5.56 Å².